The van der Waals surface area contributed by atoms with Gasteiger partial charge in [0.05, 0.1) is 31.4 Å². The first-order valence-electron chi connectivity index (χ1n) is 8.87. The highest BCUT2D eigenvalue weighted by molar-refractivity contribution is 7.99. The first-order valence-corrected chi connectivity index (χ1v) is 10.5. The first kappa shape index (κ1) is 20.8. The fourth-order valence-electron chi connectivity index (χ4n) is 3.18. The van der Waals surface area contributed by atoms with Crippen molar-refractivity contribution in [2.75, 3.05) is 21.3 Å². The number of ether oxygens (including phenoxy) is 3. The van der Waals surface area contributed by atoms with Crippen molar-refractivity contribution >= 4 is 40.9 Å². The Morgan fingerprint density at radius 3 is 2.33 bits per heavy atom. The molecule has 0 amide bonds. The largest absolute Gasteiger partial charge is 0.493 e. The summed E-state index contributed by atoms with van der Waals surface area (Å²) in [6.45, 7) is 0. The molecule has 1 aromatic heterocycles. The molecule has 0 bridgehead atoms. The van der Waals surface area contributed by atoms with E-state index >= 15 is 0 Å². The summed E-state index contributed by atoms with van der Waals surface area (Å²) in [5, 5.41) is 5.53. The molecule has 0 saturated carbocycles. The Kier molecular flexibility index (Phi) is 5.81. The molecule has 4 rings (SSSR count). The summed E-state index contributed by atoms with van der Waals surface area (Å²) in [5.74, 6) is 1.82. The van der Waals surface area contributed by atoms with E-state index in [4.69, 9.17) is 37.4 Å². The van der Waals surface area contributed by atoms with Crippen molar-refractivity contribution < 1.29 is 19.0 Å². The van der Waals surface area contributed by atoms with E-state index in [-0.39, 0.29) is 17.6 Å². The number of carbonyl (C=O) groups excluding carboxylic acids is 1. The predicted octanol–water partition coefficient (Wildman–Crippen LogP) is 5.16. The zero-order valence-corrected chi connectivity index (χ0v) is 18.6. The molecule has 10 heteroatoms. The minimum Gasteiger partial charge on any atom is -0.493 e. The molecule has 156 valence electrons. The highest BCUT2D eigenvalue weighted by atomic mass is 35.5. The minimum atomic E-state index is -0.176. The Hall–Kier alpha value is -2.42. The van der Waals surface area contributed by atoms with Gasteiger partial charge >= 0.3 is 0 Å². The molecule has 1 atom stereocenters. The van der Waals surface area contributed by atoms with Crippen LogP contribution < -0.4 is 14.2 Å². The number of aromatic nitrogens is 3. The summed E-state index contributed by atoms with van der Waals surface area (Å²) >= 11 is 13.5. The molecule has 0 radical (unpaired) electrons. The van der Waals surface area contributed by atoms with Gasteiger partial charge in [-0.2, -0.15) is 4.68 Å². The van der Waals surface area contributed by atoms with Crippen molar-refractivity contribution in [3.05, 3.63) is 45.9 Å². The lowest BCUT2D eigenvalue weighted by atomic mass is 10.1. The van der Waals surface area contributed by atoms with Gasteiger partial charge in [0.25, 0.3) is 5.91 Å². The molecule has 2 aromatic carbocycles. The fourth-order valence-corrected chi connectivity index (χ4v) is 4.61. The first-order chi connectivity index (χ1) is 14.4. The number of carbonyl (C=O) groups is 1. The molecular formula is C20H17Cl2N3O4S. The molecule has 30 heavy (non-hydrogen) atoms. The van der Waals surface area contributed by atoms with Crippen molar-refractivity contribution in [3.8, 4) is 28.6 Å². The number of fused-ring (bicyclic) bond motifs is 1. The van der Waals surface area contributed by atoms with E-state index in [0.29, 0.717) is 43.8 Å². The highest BCUT2D eigenvalue weighted by Crippen LogP contribution is 2.47. The second kappa shape index (κ2) is 8.37. The summed E-state index contributed by atoms with van der Waals surface area (Å²) in [6, 6.07) is 8.81. The minimum absolute atomic E-state index is 0.152. The van der Waals surface area contributed by atoms with Crippen LogP contribution in [0.15, 0.2) is 35.5 Å². The maximum absolute atomic E-state index is 12.8. The molecule has 0 fully saturated rings. The Morgan fingerprint density at radius 1 is 1.03 bits per heavy atom. The van der Waals surface area contributed by atoms with E-state index in [2.05, 4.69) is 10.1 Å². The topological polar surface area (TPSA) is 75.5 Å². The SMILES string of the molecule is COc1cc([C@@H]2CC(=O)n3nc(-c4ccc(Cl)c(Cl)c4)nc3S2)cc(OC)c1OC. The van der Waals surface area contributed by atoms with Crippen LogP contribution in [0, 0.1) is 0 Å². The van der Waals surface area contributed by atoms with Gasteiger partial charge in [-0.15, -0.1) is 5.10 Å². The van der Waals surface area contributed by atoms with E-state index in [1.165, 1.54) is 16.4 Å². The van der Waals surface area contributed by atoms with Crippen LogP contribution in [0.1, 0.15) is 22.0 Å². The predicted molar refractivity (Wildman–Crippen MR) is 115 cm³/mol. The van der Waals surface area contributed by atoms with Gasteiger partial charge in [-0.3, -0.25) is 4.79 Å². The van der Waals surface area contributed by atoms with Crippen LogP contribution in [0.5, 0.6) is 17.2 Å². The van der Waals surface area contributed by atoms with Crippen molar-refractivity contribution in [3.63, 3.8) is 0 Å². The maximum atomic E-state index is 12.8. The number of halogens is 2. The number of hydrogen-bond donors (Lipinski definition) is 0. The number of thioether (sulfide) groups is 1. The van der Waals surface area contributed by atoms with Gasteiger partial charge in [0.2, 0.25) is 5.75 Å². The third kappa shape index (κ3) is 3.71. The third-order valence-electron chi connectivity index (χ3n) is 4.66. The lowest BCUT2D eigenvalue weighted by Crippen LogP contribution is -2.21. The van der Waals surface area contributed by atoms with Crippen LogP contribution in [-0.2, 0) is 0 Å². The third-order valence-corrected chi connectivity index (χ3v) is 6.60. The second-order valence-electron chi connectivity index (χ2n) is 6.42. The second-order valence-corrected chi connectivity index (χ2v) is 8.41. The maximum Gasteiger partial charge on any atom is 0.250 e. The number of hydrogen-bond acceptors (Lipinski definition) is 7. The summed E-state index contributed by atoms with van der Waals surface area (Å²) < 4.78 is 17.6. The Morgan fingerprint density at radius 2 is 1.73 bits per heavy atom. The van der Waals surface area contributed by atoms with Gasteiger partial charge in [0.1, 0.15) is 0 Å². The average molecular weight is 466 g/mol. The monoisotopic (exact) mass is 465 g/mol. The zero-order valence-electron chi connectivity index (χ0n) is 16.3. The lowest BCUT2D eigenvalue weighted by molar-refractivity contribution is 0.0868. The molecular weight excluding hydrogens is 449 g/mol. The summed E-state index contributed by atoms with van der Waals surface area (Å²) in [6.07, 6.45) is 0.250. The summed E-state index contributed by atoms with van der Waals surface area (Å²) in [7, 11) is 4.66. The quantitative estimate of drug-likeness (QED) is 0.515. The molecule has 1 aliphatic rings. The number of nitrogens with zero attached hydrogens (tertiary/aromatic N) is 3. The van der Waals surface area contributed by atoms with Gasteiger partial charge in [-0.1, -0.05) is 35.0 Å². The number of rotatable bonds is 5. The highest BCUT2D eigenvalue weighted by Gasteiger charge is 2.31. The van der Waals surface area contributed by atoms with Gasteiger partial charge < -0.3 is 14.2 Å². The summed E-state index contributed by atoms with van der Waals surface area (Å²) in [4.78, 5) is 17.3. The van der Waals surface area contributed by atoms with Gasteiger partial charge in [-0.25, -0.2) is 4.98 Å². The van der Waals surface area contributed by atoms with E-state index in [0.717, 1.165) is 5.56 Å². The molecule has 0 aliphatic carbocycles. The van der Waals surface area contributed by atoms with Gasteiger partial charge in [0.15, 0.2) is 22.5 Å². The standard InChI is InChI=1S/C20H17Cl2N3O4S/c1-27-14-7-11(8-15(28-2)18(14)29-3)16-9-17(26)25-20(30-16)23-19(24-25)10-4-5-12(21)13(22)6-10/h4-8,16H,9H2,1-3H3/t16-/m0/s1. The molecule has 0 saturated heterocycles. The van der Waals surface area contributed by atoms with Gasteiger partial charge in [0, 0.05) is 17.2 Å². The van der Waals surface area contributed by atoms with Crippen molar-refractivity contribution in [2.45, 2.75) is 16.8 Å². The molecule has 2 heterocycles. The van der Waals surface area contributed by atoms with Crippen LogP contribution in [0.2, 0.25) is 10.0 Å². The zero-order chi connectivity index (χ0) is 21.4. The molecule has 7 nitrogen and oxygen atoms in total. The van der Waals surface area contributed by atoms with Crippen LogP contribution in [0.4, 0.5) is 0 Å². The Bertz CT molecular complexity index is 1110. The fraction of sp³-hybridized carbons (Fsp3) is 0.250. The van der Waals surface area contributed by atoms with E-state index in [1.54, 1.807) is 39.5 Å². The Labute approximate surface area is 187 Å². The lowest BCUT2D eigenvalue weighted by Gasteiger charge is -2.22. The van der Waals surface area contributed by atoms with Crippen molar-refractivity contribution in [1.29, 1.82) is 0 Å². The van der Waals surface area contributed by atoms with Crippen LogP contribution in [0.3, 0.4) is 0 Å². The number of benzene rings is 2. The van der Waals surface area contributed by atoms with E-state index < -0.39 is 0 Å². The molecule has 3 aromatic rings. The number of methoxy groups -OCH3 is 3. The molecule has 0 N–H and O–H groups in total. The van der Waals surface area contributed by atoms with Crippen molar-refractivity contribution in [2.24, 2.45) is 0 Å². The average Bonchev–Trinajstić information content (AvgIpc) is 3.19. The van der Waals surface area contributed by atoms with E-state index in [1.807, 2.05) is 12.1 Å². The Balaban J connectivity index is 1.69. The molecule has 0 unspecified atom stereocenters. The van der Waals surface area contributed by atoms with Crippen molar-refractivity contribution in [1.82, 2.24) is 14.8 Å². The molecule has 1 aliphatic heterocycles. The van der Waals surface area contributed by atoms with Crippen LogP contribution >= 0.6 is 35.0 Å². The summed E-state index contributed by atoms with van der Waals surface area (Å²) in [5.41, 5.74) is 1.55. The normalized spacial score (nSPS) is 15.6. The van der Waals surface area contributed by atoms with Crippen LogP contribution in [0.25, 0.3) is 11.4 Å². The van der Waals surface area contributed by atoms with Gasteiger partial charge in [-0.05, 0) is 35.9 Å². The smallest absolute Gasteiger partial charge is 0.250 e. The van der Waals surface area contributed by atoms with Crippen LogP contribution in [-0.4, -0.2) is 42.0 Å². The van der Waals surface area contributed by atoms with E-state index in [9.17, 15) is 4.79 Å². The molecule has 0 spiro atoms.